The number of rotatable bonds is 5. The molecule has 0 radical (unpaired) electrons. The highest BCUT2D eigenvalue weighted by molar-refractivity contribution is 5.61. The van der Waals surface area contributed by atoms with Gasteiger partial charge in [0.05, 0.1) is 11.4 Å². The zero-order valence-electron chi connectivity index (χ0n) is 12.8. The number of nitrogens with one attached hydrogen (secondary N) is 1. The van der Waals surface area contributed by atoms with Crippen LogP contribution in [0.3, 0.4) is 0 Å². The third-order valence-electron chi connectivity index (χ3n) is 3.48. The lowest BCUT2D eigenvalue weighted by molar-refractivity contribution is 0.756. The SMILES string of the molecule is Cc1nn(C)cc1-c1ccnc(NCCc2ccccc2)n1. The highest BCUT2D eigenvalue weighted by Crippen LogP contribution is 2.20. The van der Waals surface area contributed by atoms with Crippen LogP contribution >= 0.6 is 0 Å². The Balaban J connectivity index is 1.68. The Kier molecular flexibility index (Phi) is 4.14. The van der Waals surface area contributed by atoms with Gasteiger partial charge in [0, 0.05) is 31.5 Å². The Morgan fingerprint density at radius 2 is 1.95 bits per heavy atom. The minimum atomic E-state index is 0.650. The normalized spacial score (nSPS) is 10.6. The summed E-state index contributed by atoms with van der Waals surface area (Å²) < 4.78 is 1.80. The van der Waals surface area contributed by atoms with E-state index in [4.69, 9.17) is 0 Å². The van der Waals surface area contributed by atoms with Gasteiger partial charge in [0.15, 0.2) is 0 Å². The van der Waals surface area contributed by atoms with Gasteiger partial charge in [-0.1, -0.05) is 30.3 Å². The quantitative estimate of drug-likeness (QED) is 0.786. The lowest BCUT2D eigenvalue weighted by Gasteiger charge is -2.06. The van der Waals surface area contributed by atoms with Gasteiger partial charge in [-0.3, -0.25) is 4.68 Å². The van der Waals surface area contributed by atoms with Gasteiger partial charge in [0.25, 0.3) is 0 Å². The molecule has 0 aliphatic carbocycles. The molecule has 3 aromatic rings. The first-order valence-corrected chi connectivity index (χ1v) is 7.34. The molecule has 1 N–H and O–H groups in total. The molecule has 0 saturated carbocycles. The smallest absolute Gasteiger partial charge is 0.223 e. The third-order valence-corrected chi connectivity index (χ3v) is 3.48. The highest BCUT2D eigenvalue weighted by Gasteiger charge is 2.08. The predicted octanol–water partition coefficient (Wildman–Crippen LogP) is 2.84. The molecular weight excluding hydrogens is 274 g/mol. The maximum atomic E-state index is 4.57. The Morgan fingerprint density at radius 3 is 2.68 bits per heavy atom. The first-order valence-electron chi connectivity index (χ1n) is 7.34. The van der Waals surface area contributed by atoms with Gasteiger partial charge in [-0.15, -0.1) is 0 Å². The van der Waals surface area contributed by atoms with Crippen LogP contribution in [-0.4, -0.2) is 26.3 Å². The van der Waals surface area contributed by atoms with Crippen molar-refractivity contribution in [2.75, 3.05) is 11.9 Å². The second-order valence-electron chi connectivity index (χ2n) is 5.23. The molecule has 5 nitrogen and oxygen atoms in total. The molecule has 0 fully saturated rings. The lowest BCUT2D eigenvalue weighted by Crippen LogP contribution is -2.08. The molecule has 112 valence electrons. The van der Waals surface area contributed by atoms with Crippen molar-refractivity contribution in [3.8, 4) is 11.3 Å². The molecule has 0 saturated heterocycles. The summed E-state index contributed by atoms with van der Waals surface area (Å²) in [7, 11) is 1.91. The summed E-state index contributed by atoms with van der Waals surface area (Å²) in [4.78, 5) is 8.86. The van der Waals surface area contributed by atoms with E-state index in [0.29, 0.717) is 5.95 Å². The molecule has 22 heavy (non-hydrogen) atoms. The molecule has 0 unspecified atom stereocenters. The van der Waals surface area contributed by atoms with Crippen LogP contribution < -0.4 is 5.32 Å². The van der Waals surface area contributed by atoms with Gasteiger partial charge >= 0.3 is 0 Å². The lowest BCUT2D eigenvalue weighted by atomic mass is 10.1. The average Bonchev–Trinajstić information content (AvgIpc) is 2.87. The summed E-state index contributed by atoms with van der Waals surface area (Å²) in [6.45, 7) is 2.79. The van der Waals surface area contributed by atoms with E-state index in [1.807, 2.05) is 32.3 Å². The van der Waals surface area contributed by atoms with Gasteiger partial charge in [-0.25, -0.2) is 9.97 Å². The number of anilines is 1. The maximum Gasteiger partial charge on any atom is 0.223 e. The average molecular weight is 293 g/mol. The Labute approximate surface area is 130 Å². The molecule has 1 aromatic carbocycles. The monoisotopic (exact) mass is 293 g/mol. The van der Waals surface area contributed by atoms with Gasteiger partial charge in [-0.2, -0.15) is 5.10 Å². The van der Waals surface area contributed by atoms with Crippen molar-refractivity contribution in [1.82, 2.24) is 19.7 Å². The third kappa shape index (κ3) is 3.31. The molecule has 0 spiro atoms. The summed E-state index contributed by atoms with van der Waals surface area (Å²) in [6, 6.07) is 12.3. The zero-order valence-corrected chi connectivity index (χ0v) is 12.8. The Hall–Kier alpha value is -2.69. The first kappa shape index (κ1) is 14.3. The molecule has 0 amide bonds. The van der Waals surface area contributed by atoms with E-state index in [-0.39, 0.29) is 0 Å². The van der Waals surface area contributed by atoms with Crippen molar-refractivity contribution < 1.29 is 0 Å². The van der Waals surface area contributed by atoms with Crippen LogP contribution in [-0.2, 0) is 13.5 Å². The highest BCUT2D eigenvalue weighted by atomic mass is 15.3. The fourth-order valence-electron chi connectivity index (χ4n) is 2.41. The van der Waals surface area contributed by atoms with Gasteiger partial charge in [-0.05, 0) is 25.0 Å². The number of aromatic nitrogens is 4. The Bertz CT molecular complexity index is 749. The van der Waals surface area contributed by atoms with Crippen molar-refractivity contribution in [2.45, 2.75) is 13.3 Å². The van der Waals surface area contributed by atoms with Crippen LogP contribution in [0.25, 0.3) is 11.3 Å². The largest absolute Gasteiger partial charge is 0.354 e. The molecule has 0 atom stereocenters. The molecule has 2 heterocycles. The first-order chi connectivity index (χ1) is 10.7. The summed E-state index contributed by atoms with van der Waals surface area (Å²) in [5.41, 5.74) is 4.20. The van der Waals surface area contributed by atoms with Crippen LogP contribution in [0, 0.1) is 6.92 Å². The molecule has 0 aliphatic heterocycles. The van der Waals surface area contributed by atoms with Crippen LogP contribution in [0.4, 0.5) is 5.95 Å². The zero-order chi connectivity index (χ0) is 15.4. The van der Waals surface area contributed by atoms with Gasteiger partial charge in [0.2, 0.25) is 5.95 Å². The molecule has 2 aromatic heterocycles. The number of hydrogen-bond acceptors (Lipinski definition) is 4. The second kappa shape index (κ2) is 6.39. The standard InChI is InChI=1S/C17H19N5/c1-13-15(12-22(2)21-13)16-9-11-19-17(20-16)18-10-8-14-6-4-3-5-7-14/h3-7,9,11-12H,8,10H2,1-2H3,(H,18,19,20). The molecular formula is C17H19N5. The fraction of sp³-hybridized carbons (Fsp3) is 0.235. The predicted molar refractivity (Wildman–Crippen MR) is 87.6 cm³/mol. The topological polar surface area (TPSA) is 55.6 Å². The number of hydrogen-bond donors (Lipinski definition) is 1. The van der Waals surface area contributed by atoms with Crippen molar-refractivity contribution in [3.05, 3.63) is 60.0 Å². The van der Waals surface area contributed by atoms with Crippen molar-refractivity contribution in [1.29, 1.82) is 0 Å². The maximum absolute atomic E-state index is 4.57. The van der Waals surface area contributed by atoms with E-state index in [9.17, 15) is 0 Å². The van der Waals surface area contributed by atoms with Crippen LogP contribution in [0.15, 0.2) is 48.8 Å². The minimum Gasteiger partial charge on any atom is -0.354 e. The summed E-state index contributed by atoms with van der Waals surface area (Å²) in [5, 5.41) is 7.63. The molecule has 3 rings (SSSR count). The van der Waals surface area contributed by atoms with Crippen LogP contribution in [0.5, 0.6) is 0 Å². The molecule has 0 bridgehead atoms. The van der Waals surface area contributed by atoms with Gasteiger partial charge in [0.1, 0.15) is 0 Å². The van der Waals surface area contributed by atoms with Crippen molar-refractivity contribution in [2.24, 2.45) is 7.05 Å². The number of aryl methyl sites for hydroxylation is 2. The summed E-state index contributed by atoms with van der Waals surface area (Å²) in [6.07, 6.45) is 4.70. The Morgan fingerprint density at radius 1 is 1.14 bits per heavy atom. The van der Waals surface area contributed by atoms with E-state index in [0.717, 1.165) is 29.9 Å². The minimum absolute atomic E-state index is 0.650. The van der Waals surface area contributed by atoms with Crippen LogP contribution in [0.2, 0.25) is 0 Å². The summed E-state index contributed by atoms with van der Waals surface area (Å²) in [5.74, 6) is 0.650. The second-order valence-corrected chi connectivity index (χ2v) is 5.23. The fourth-order valence-corrected chi connectivity index (χ4v) is 2.41. The number of nitrogens with zero attached hydrogens (tertiary/aromatic N) is 4. The van der Waals surface area contributed by atoms with E-state index in [2.05, 4.69) is 44.6 Å². The molecule has 0 aliphatic rings. The van der Waals surface area contributed by atoms with E-state index >= 15 is 0 Å². The van der Waals surface area contributed by atoms with Crippen molar-refractivity contribution in [3.63, 3.8) is 0 Å². The summed E-state index contributed by atoms with van der Waals surface area (Å²) >= 11 is 0. The van der Waals surface area contributed by atoms with Gasteiger partial charge < -0.3 is 5.32 Å². The van der Waals surface area contributed by atoms with Crippen molar-refractivity contribution >= 4 is 5.95 Å². The molecule has 5 heteroatoms. The van der Waals surface area contributed by atoms with E-state index in [1.165, 1.54) is 5.56 Å². The van der Waals surface area contributed by atoms with E-state index in [1.54, 1.807) is 10.9 Å². The van der Waals surface area contributed by atoms with E-state index < -0.39 is 0 Å². The number of benzene rings is 1. The van der Waals surface area contributed by atoms with Crippen LogP contribution in [0.1, 0.15) is 11.3 Å².